The molecule has 0 aliphatic carbocycles. The first-order valence-corrected chi connectivity index (χ1v) is 4.29. The third-order valence-electron chi connectivity index (χ3n) is 1.42. The van der Waals surface area contributed by atoms with E-state index in [9.17, 15) is 9.59 Å². The summed E-state index contributed by atoms with van der Waals surface area (Å²) < 4.78 is 4.32. The number of methoxy groups -OCH3 is 1. The first kappa shape index (κ1) is 11.7. The minimum Gasteiger partial charge on any atom is -0.469 e. The minimum atomic E-state index is -0.533. The van der Waals surface area contributed by atoms with E-state index < -0.39 is 5.97 Å². The number of hydrogen-bond donors (Lipinski definition) is 0. The van der Waals surface area contributed by atoms with Gasteiger partial charge in [0.2, 0.25) is 5.78 Å². The normalized spacial score (nSPS) is 8.46. The lowest BCUT2D eigenvalue weighted by Gasteiger charge is -1.91. The number of carbonyl (C=O) groups excluding carboxylic acids is 2. The van der Waals surface area contributed by atoms with E-state index >= 15 is 0 Å². The molecule has 3 nitrogen and oxygen atoms in total. The molecule has 72 valence electrons. The first-order chi connectivity index (χ1) is 6.20. The zero-order valence-corrected chi connectivity index (χ0v) is 8.05. The Labute approximate surface area is 78.5 Å². The molecule has 0 saturated carbocycles. The summed E-state index contributed by atoms with van der Waals surface area (Å²) in [5.41, 5.74) is 0. The lowest BCUT2D eigenvalue weighted by molar-refractivity contribution is -0.142. The van der Waals surface area contributed by atoms with Gasteiger partial charge in [0, 0.05) is 6.42 Å². The number of hydrogen-bond acceptors (Lipinski definition) is 3. The van der Waals surface area contributed by atoms with Crippen molar-refractivity contribution in [2.75, 3.05) is 7.11 Å². The van der Waals surface area contributed by atoms with Crippen LogP contribution in [0.15, 0.2) is 0 Å². The standard InChI is InChI=1S/C10H14O3/c1-3-4-5-6-7-9(11)8-10(12)13-2/h3-5,8H2,1-2H3. The van der Waals surface area contributed by atoms with E-state index in [1.165, 1.54) is 7.11 Å². The fraction of sp³-hybridized carbons (Fsp3) is 0.600. The number of ether oxygens (including phenoxy) is 1. The van der Waals surface area contributed by atoms with E-state index in [2.05, 4.69) is 23.5 Å². The van der Waals surface area contributed by atoms with Crippen LogP contribution in [0.2, 0.25) is 0 Å². The molecule has 0 aromatic heterocycles. The van der Waals surface area contributed by atoms with Crippen molar-refractivity contribution >= 4 is 11.8 Å². The van der Waals surface area contributed by atoms with Crippen molar-refractivity contribution in [1.29, 1.82) is 0 Å². The zero-order chi connectivity index (χ0) is 10.1. The lowest BCUT2D eigenvalue weighted by atomic mass is 10.2. The second-order valence-electron chi connectivity index (χ2n) is 2.58. The number of rotatable bonds is 4. The molecule has 13 heavy (non-hydrogen) atoms. The summed E-state index contributed by atoms with van der Waals surface area (Å²) in [5.74, 6) is 4.20. The van der Waals surface area contributed by atoms with Gasteiger partial charge in [-0.1, -0.05) is 19.3 Å². The lowest BCUT2D eigenvalue weighted by Crippen LogP contribution is -2.06. The molecular formula is C10H14O3. The maximum Gasteiger partial charge on any atom is 0.314 e. The van der Waals surface area contributed by atoms with Crippen LogP contribution in [0.4, 0.5) is 0 Å². The van der Waals surface area contributed by atoms with Crippen LogP contribution < -0.4 is 0 Å². The molecule has 0 unspecified atom stereocenters. The van der Waals surface area contributed by atoms with Gasteiger partial charge in [0.1, 0.15) is 6.42 Å². The number of ketones is 1. The molecular weight excluding hydrogens is 168 g/mol. The zero-order valence-electron chi connectivity index (χ0n) is 8.05. The van der Waals surface area contributed by atoms with Crippen LogP contribution >= 0.6 is 0 Å². The largest absolute Gasteiger partial charge is 0.469 e. The maximum absolute atomic E-state index is 10.9. The fourth-order valence-corrected chi connectivity index (χ4v) is 0.674. The van der Waals surface area contributed by atoms with Crippen molar-refractivity contribution in [3.63, 3.8) is 0 Å². The van der Waals surface area contributed by atoms with Crippen molar-refractivity contribution in [1.82, 2.24) is 0 Å². The molecule has 0 fully saturated rings. The molecule has 0 saturated heterocycles. The summed E-state index contributed by atoms with van der Waals surface area (Å²) >= 11 is 0. The van der Waals surface area contributed by atoms with E-state index in [1.807, 2.05) is 0 Å². The maximum atomic E-state index is 10.9. The van der Waals surface area contributed by atoms with Crippen molar-refractivity contribution in [2.24, 2.45) is 0 Å². The molecule has 0 spiro atoms. The highest BCUT2D eigenvalue weighted by molar-refractivity contribution is 6.05. The summed E-state index contributed by atoms with van der Waals surface area (Å²) in [5, 5.41) is 0. The SMILES string of the molecule is CCCCC#CC(=O)CC(=O)OC. The van der Waals surface area contributed by atoms with E-state index in [4.69, 9.17) is 0 Å². The third kappa shape index (κ3) is 7.07. The Balaban J connectivity index is 3.70. The Morgan fingerprint density at radius 3 is 2.62 bits per heavy atom. The molecule has 0 aromatic rings. The Kier molecular flexibility index (Phi) is 6.62. The van der Waals surface area contributed by atoms with Crippen LogP contribution in [0, 0.1) is 11.8 Å². The molecule has 0 aromatic carbocycles. The van der Waals surface area contributed by atoms with Gasteiger partial charge in [-0.15, -0.1) is 0 Å². The van der Waals surface area contributed by atoms with Gasteiger partial charge in [0.05, 0.1) is 7.11 Å². The molecule has 0 amide bonds. The van der Waals surface area contributed by atoms with Gasteiger partial charge in [-0.3, -0.25) is 9.59 Å². The van der Waals surface area contributed by atoms with Crippen LogP contribution in [0.1, 0.15) is 32.6 Å². The van der Waals surface area contributed by atoms with Gasteiger partial charge in [0.25, 0.3) is 0 Å². The summed E-state index contributed by atoms with van der Waals surface area (Å²) in [7, 11) is 1.25. The average Bonchev–Trinajstić information content (AvgIpc) is 2.12. The van der Waals surface area contributed by atoms with E-state index in [0.717, 1.165) is 12.8 Å². The molecule has 0 heterocycles. The molecule has 0 bridgehead atoms. The molecule has 0 atom stereocenters. The van der Waals surface area contributed by atoms with Gasteiger partial charge >= 0.3 is 5.97 Å². The monoisotopic (exact) mass is 182 g/mol. The number of Topliss-reactive ketones (excluding diaryl/α,β-unsaturated/α-hetero) is 1. The van der Waals surface area contributed by atoms with Gasteiger partial charge in [-0.25, -0.2) is 0 Å². The Morgan fingerprint density at radius 2 is 2.08 bits per heavy atom. The van der Waals surface area contributed by atoms with E-state index in [-0.39, 0.29) is 12.2 Å². The predicted octanol–water partition coefficient (Wildman–Crippen LogP) is 1.31. The quantitative estimate of drug-likeness (QED) is 0.216. The fourth-order valence-electron chi connectivity index (χ4n) is 0.674. The third-order valence-corrected chi connectivity index (χ3v) is 1.42. The molecule has 0 radical (unpaired) electrons. The van der Waals surface area contributed by atoms with Crippen LogP contribution in [0.5, 0.6) is 0 Å². The Morgan fingerprint density at radius 1 is 1.38 bits per heavy atom. The van der Waals surface area contributed by atoms with Crippen molar-refractivity contribution in [3.05, 3.63) is 0 Å². The number of esters is 1. The van der Waals surface area contributed by atoms with Crippen molar-refractivity contribution in [2.45, 2.75) is 32.6 Å². The first-order valence-electron chi connectivity index (χ1n) is 4.29. The predicted molar refractivity (Wildman–Crippen MR) is 48.9 cm³/mol. The Bertz CT molecular complexity index is 232. The van der Waals surface area contributed by atoms with Gasteiger partial charge in [0.15, 0.2) is 0 Å². The summed E-state index contributed by atoms with van der Waals surface area (Å²) in [6, 6.07) is 0. The van der Waals surface area contributed by atoms with E-state index in [0.29, 0.717) is 6.42 Å². The second-order valence-corrected chi connectivity index (χ2v) is 2.58. The summed E-state index contributed by atoms with van der Waals surface area (Å²) in [4.78, 5) is 21.5. The molecule has 0 aliphatic rings. The average molecular weight is 182 g/mol. The molecule has 0 rings (SSSR count). The number of carbonyl (C=O) groups is 2. The molecule has 0 aliphatic heterocycles. The highest BCUT2D eigenvalue weighted by atomic mass is 16.5. The van der Waals surface area contributed by atoms with Crippen molar-refractivity contribution in [3.8, 4) is 11.8 Å². The number of unbranched alkanes of at least 4 members (excludes halogenated alkanes) is 2. The van der Waals surface area contributed by atoms with Gasteiger partial charge < -0.3 is 4.74 Å². The van der Waals surface area contributed by atoms with Crippen LogP contribution in [0.25, 0.3) is 0 Å². The van der Waals surface area contributed by atoms with Crippen molar-refractivity contribution < 1.29 is 14.3 Å². The topological polar surface area (TPSA) is 43.4 Å². The van der Waals surface area contributed by atoms with E-state index in [1.54, 1.807) is 0 Å². The molecule has 0 N–H and O–H groups in total. The minimum absolute atomic E-state index is 0.240. The van der Waals surface area contributed by atoms with Crippen LogP contribution in [0.3, 0.4) is 0 Å². The van der Waals surface area contributed by atoms with Crippen LogP contribution in [-0.2, 0) is 14.3 Å². The highest BCUT2D eigenvalue weighted by Crippen LogP contribution is 1.91. The van der Waals surface area contributed by atoms with Gasteiger partial charge in [-0.05, 0) is 12.3 Å². The van der Waals surface area contributed by atoms with Gasteiger partial charge in [-0.2, -0.15) is 0 Å². The summed E-state index contributed by atoms with van der Waals surface area (Å²) in [6.45, 7) is 2.05. The van der Waals surface area contributed by atoms with Crippen LogP contribution in [-0.4, -0.2) is 18.9 Å². The summed E-state index contributed by atoms with van der Waals surface area (Å²) in [6.07, 6.45) is 2.51. The molecule has 3 heteroatoms. The second kappa shape index (κ2) is 7.35. The smallest absolute Gasteiger partial charge is 0.314 e. The highest BCUT2D eigenvalue weighted by Gasteiger charge is 2.05. The Hall–Kier alpha value is -1.30.